The summed E-state index contributed by atoms with van der Waals surface area (Å²) in [5.74, 6) is 1.58. The predicted octanol–water partition coefficient (Wildman–Crippen LogP) is 3.12. The molecule has 0 aliphatic heterocycles. The van der Waals surface area contributed by atoms with Gasteiger partial charge in [0.15, 0.2) is 5.11 Å². The van der Waals surface area contributed by atoms with Crippen molar-refractivity contribution in [2.24, 2.45) is 0 Å². The number of aromatic nitrogens is 2. The Labute approximate surface area is 171 Å². The zero-order chi connectivity index (χ0) is 19.9. The van der Waals surface area contributed by atoms with Crippen LogP contribution in [0, 0.1) is 11.3 Å². The van der Waals surface area contributed by atoms with Crippen molar-refractivity contribution in [1.82, 2.24) is 15.3 Å². The van der Waals surface area contributed by atoms with Gasteiger partial charge in [-0.05, 0) is 68.2 Å². The lowest BCUT2D eigenvalue weighted by Gasteiger charge is -2.30. The van der Waals surface area contributed by atoms with E-state index in [-0.39, 0.29) is 0 Å². The average molecular weight is 396 g/mol. The van der Waals surface area contributed by atoms with Gasteiger partial charge in [-0.25, -0.2) is 4.98 Å². The second-order valence-electron chi connectivity index (χ2n) is 7.11. The molecule has 1 aliphatic rings. The van der Waals surface area contributed by atoms with Crippen LogP contribution in [0.4, 0.5) is 17.5 Å². The fraction of sp³-hybridized carbons (Fsp3) is 0.400. The Morgan fingerprint density at radius 2 is 1.79 bits per heavy atom. The molecule has 0 bridgehead atoms. The average Bonchev–Trinajstić information content (AvgIpc) is 2.70. The number of hydrogen-bond acceptors (Lipinski definition) is 6. The Kier molecular flexibility index (Phi) is 6.61. The molecule has 3 rings (SSSR count). The van der Waals surface area contributed by atoms with Gasteiger partial charge in [-0.2, -0.15) is 10.2 Å². The number of thiocarbonyl (C=S) groups is 1. The van der Waals surface area contributed by atoms with Gasteiger partial charge in [-0.1, -0.05) is 0 Å². The SMILES string of the molecule is CN(C)c1ccnc(NC2CCC(NC(=S)Nc3ccc(C#N)cc3)CC2)n1. The predicted molar refractivity (Wildman–Crippen MR) is 117 cm³/mol. The highest BCUT2D eigenvalue weighted by Crippen LogP contribution is 2.22. The second-order valence-corrected chi connectivity index (χ2v) is 7.52. The summed E-state index contributed by atoms with van der Waals surface area (Å²) in [7, 11) is 3.94. The van der Waals surface area contributed by atoms with Crippen LogP contribution in [-0.2, 0) is 0 Å². The van der Waals surface area contributed by atoms with Crippen molar-refractivity contribution < 1.29 is 0 Å². The van der Waals surface area contributed by atoms with Gasteiger partial charge in [-0.15, -0.1) is 0 Å². The van der Waals surface area contributed by atoms with Crippen molar-refractivity contribution in [3.05, 3.63) is 42.1 Å². The molecule has 7 nitrogen and oxygen atoms in total. The third-order valence-electron chi connectivity index (χ3n) is 4.77. The molecule has 0 radical (unpaired) electrons. The van der Waals surface area contributed by atoms with Crippen molar-refractivity contribution in [2.75, 3.05) is 29.6 Å². The van der Waals surface area contributed by atoms with E-state index in [2.05, 4.69) is 32.0 Å². The molecule has 1 saturated carbocycles. The maximum Gasteiger partial charge on any atom is 0.224 e. The highest BCUT2D eigenvalue weighted by Gasteiger charge is 2.22. The van der Waals surface area contributed by atoms with Crippen LogP contribution < -0.4 is 20.9 Å². The molecule has 0 saturated heterocycles. The van der Waals surface area contributed by atoms with Gasteiger partial charge >= 0.3 is 0 Å². The van der Waals surface area contributed by atoms with E-state index in [0.717, 1.165) is 37.2 Å². The van der Waals surface area contributed by atoms with E-state index in [1.165, 1.54) is 0 Å². The Morgan fingerprint density at radius 3 is 2.43 bits per heavy atom. The smallest absolute Gasteiger partial charge is 0.224 e. The standard InChI is InChI=1S/C20H25N7S/c1-27(2)18-11-12-22-19(26-18)23-15-7-9-17(10-8-15)25-20(28)24-16-5-3-14(13-21)4-6-16/h3-6,11-12,15,17H,7-10H2,1-2H3,(H,22,23,26)(H2,24,25,28). The molecule has 1 fully saturated rings. The number of nitrogens with zero attached hydrogens (tertiary/aromatic N) is 4. The van der Waals surface area contributed by atoms with Crippen LogP contribution in [0.3, 0.4) is 0 Å². The molecule has 146 valence electrons. The van der Waals surface area contributed by atoms with Gasteiger partial charge < -0.3 is 20.9 Å². The third-order valence-corrected chi connectivity index (χ3v) is 4.99. The first-order valence-electron chi connectivity index (χ1n) is 9.38. The summed E-state index contributed by atoms with van der Waals surface area (Å²) < 4.78 is 0. The number of benzene rings is 1. The molecule has 2 aromatic rings. The van der Waals surface area contributed by atoms with E-state index in [9.17, 15) is 0 Å². The number of nitrogens with one attached hydrogen (secondary N) is 3. The summed E-state index contributed by atoms with van der Waals surface area (Å²) in [6.45, 7) is 0. The van der Waals surface area contributed by atoms with Gasteiger partial charge in [0.25, 0.3) is 0 Å². The van der Waals surface area contributed by atoms with Gasteiger partial charge in [0.1, 0.15) is 5.82 Å². The highest BCUT2D eigenvalue weighted by atomic mass is 32.1. The molecule has 1 aromatic heterocycles. The van der Waals surface area contributed by atoms with E-state index in [0.29, 0.717) is 28.7 Å². The lowest BCUT2D eigenvalue weighted by Crippen LogP contribution is -2.42. The summed E-state index contributed by atoms with van der Waals surface area (Å²) in [4.78, 5) is 10.8. The van der Waals surface area contributed by atoms with Crippen LogP contribution in [0.2, 0.25) is 0 Å². The number of nitriles is 1. The maximum atomic E-state index is 8.86. The normalized spacial score (nSPS) is 18.6. The molecule has 1 heterocycles. The lowest BCUT2D eigenvalue weighted by atomic mass is 9.91. The summed E-state index contributed by atoms with van der Waals surface area (Å²) in [6, 6.07) is 12.0. The first-order chi connectivity index (χ1) is 13.5. The van der Waals surface area contributed by atoms with Crippen molar-refractivity contribution in [3.8, 4) is 6.07 Å². The van der Waals surface area contributed by atoms with Crippen molar-refractivity contribution in [1.29, 1.82) is 5.26 Å². The number of hydrogen-bond donors (Lipinski definition) is 3. The first kappa shape index (κ1) is 19.8. The Hall–Kier alpha value is -2.92. The van der Waals surface area contributed by atoms with Gasteiger partial charge in [0.2, 0.25) is 5.95 Å². The summed E-state index contributed by atoms with van der Waals surface area (Å²) in [6.07, 6.45) is 5.91. The monoisotopic (exact) mass is 395 g/mol. The number of anilines is 3. The third kappa shape index (κ3) is 5.54. The molecule has 3 N–H and O–H groups in total. The Balaban J connectivity index is 1.44. The molecular formula is C20H25N7S. The zero-order valence-electron chi connectivity index (χ0n) is 16.1. The van der Waals surface area contributed by atoms with Crippen molar-refractivity contribution >= 4 is 34.8 Å². The highest BCUT2D eigenvalue weighted by molar-refractivity contribution is 7.80. The minimum absolute atomic E-state index is 0.352. The van der Waals surface area contributed by atoms with Gasteiger partial charge in [0.05, 0.1) is 11.6 Å². The largest absolute Gasteiger partial charge is 0.363 e. The van der Waals surface area contributed by atoms with Crippen LogP contribution in [0.5, 0.6) is 0 Å². The van der Waals surface area contributed by atoms with Gasteiger partial charge in [-0.3, -0.25) is 0 Å². The van der Waals surface area contributed by atoms with Crippen LogP contribution in [0.15, 0.2) is 36.5 Å². The van der Waals surface area contributed by atoms with E-state index >= 15 is 0 Å². The molecule has 0 spiro atoms. The van der Waals surface area contributed by atoms with E-state index in [1.54, 1.807) is 18.3 Å². The lowest BCUT2D eigenvalue weighted by molar-refractivity contribution is 0.387. The topological polar surface area (TPSA) is 88.9 Å². The molecule has 1 aliphatic carbocycles. The van der Waals surface area contributed by atoms with Gasteiger partial charge in [0, 0.05) is 38.1 Å². The Bertz CT molecular complexity index is 836. The second kappa shape index (κ2) is 9.33. The summed E-state index contributed by atoms with van der Waals surface area (Å²) in [5, 5.41) is 19.5. The molecule has 1 aromatic carbocycles. The fourth-order valence-electron chi connectivity index (χ4n) is 3.21. The minimum Gasteiger partial charge on any atom is -0.363 e. The van der Waals surface area contributed by atoms with Crippen LogP contribution in [-0.4, -0.2) is 41.3 Å². The molecule has 0 atom stereocenters. The van der Waals surface area contributed by atoms with E-state index in [4.69, 9.17) is 17.5 Å². The number of rotatable bonds is 5. The quantitative estimate of drug-likeness (QED) is 0.666. The maximum absolute atomic E-state index is 8.86. The van der Waals surface area contributed by atoms with E-state index < -0.39 is 0 Å². The first-order valence-corrected chi connectivity index (χ1v) is 9.79. The molecule has 28 heavy (non-hydrogen) atoms. The van der Waals surface area contributed by atoms with Crippen LogP contribution >= 0.6 is 12.2 Å². The fourth-order valence-corrected chi connectivity index (χ4v) is 3.50. The molecule has 8 heteroatoms. The van der Waals surface area contributed by atoms with Crippen LogP contribution in [0.25, 0.3) is 0 Å². The zero-order valence-corrected chi connectivity index (χ0v) is 17.0. The van der Waals surface area contributed by atoms with E-state index in [1.807, 2.05) is 37.2 Å². The molecular weight excluding hydrogens is 370 g/mol. The van der Waals surface area contributed by atoms with Crippen molar-refractivity contribution in [2.45, 2.75) is 37.8 Å². The Morgan fingerprint density at radius 1 is 1.11 bits per heavy atom. The summed E-state index contributed by atoms with van der Waals surface area (Å²) >= 11 is 5.42. The summed E-state index contributed by atoms with van der Waals surface area (Å²) in [5.41, 5.74) is 1.51. The van der Waals surface area contributed by atoms with Crippen molar-refractivity contribution in [3.63, 3.8) is 0 Å². The van der Waals surface area contributed by atoms with Crippen LogP contribution in [0.1, 0.15) is 31.2 Å². The minimum atomic E-state index is 0.352. The molecule has 0 amide bonds. The molecule has 0 unspecified atom stereocenters.